The molecule has 0 atom stereocenters. The molecule has 0 aliphatic heterocycles. The number of imidazole rings is 1. The highest BCUT2D eigenvalue weighted by Crippen LogP contribution is 2.25. The summed E-state index contributed by atoms with van der Waals surface area (Å²) in [6, 6.07) is 9.81. The van der Waals surface area contributed by atoms with E-state index in [2.05, 4.69) is 4.98 Å². The summed E-state index contributed by atoms with van der Waals surface area (Å²) < 4.78 is 61.0. The van der Waals surface area contributed by atoms with Gasteiger partial charge in [0.05, 0.1) is 18.4 Å². The zero-order valence-electron chi connectivity index (χ0n) is 15.5. The van der Waals surface area contributed by atoms with Crippen molar-refractivity contribution >= 4 is 15.9 Å². The second kappa shape index (κ2) is 8.00. The number of carbonyl (C=O) groups is 1. The maximum Gasteiger partial charge on any atom is 0.284 e. The van der Waals surface area contributed by atoms with Crippen LogP contribution in [0.1, 0.15) is 16.1 Å². The van der Waals surface area contributed by atoms with Crippen LogP contribution in [0.25, 0.3) is 11.4 Å². The molecule has 1 aromatic heterocycles. The molecule has 7 nitrogen and oxygen atoms in total. The first-order valence-corrected chi connectivity index (χ1v) is 10.0. The standard InChI is InChI=1S/C19H17F2N3O4S/c1-24-10-15(22-18(24)17-13(20)7-5-8-14(17)21)19(25)23-29(26,27)11-12-6-3-4-9-16(12)28-2/h3-10H,11H2,1-2H3,(H,23,25). The van der Waals surface area contributed by atoms with Gasteiger partial charge in [-0.25, -0.2) is 26.9 Å². The topological polar surface area (TPSA) is 90.3 Å². The third-order valence-corrected chi connectivity index (χ3v) is 5.27. The van der Waals surface area contributed by atoms with Crippen molar-refractivity contribution in [2.75, 3.05) is 7.11 Å². The van der Waals surface area contributed by atoms with Crippen LogP contribution in [0.3, 0.4) is 0 Å². The number of rotatable bonds is 6. The van der Waals surface area contributed by atoms with Crippen LogP contribution in [0.2, 0.25) is 0 Å². The normalized spacial score (nSPS) is 11.3. The fraction of sp³-hybridized carbons (Fsp3) is 0.158. The van der Waals surface area contributed by atoms with Crippen LogP contribution >= 0.6 is 0 Å². The van der Waals surface area contributed by atoms with E-state index in [1.165, 1.54) is 31.0 Å². The van der Waals surface area contributed by atoms with E-state index in [1.807, 2.05) is 4.72 Å². The number of halogens is 2. The van der Waals surface area contributed by atoms with Gasteiger partial charge < -0.3 is 9.30 Å². The molecule has 1 amide bonds. The van der Waals surface area contributed by atoms with Crippen LogP contribution in [0.15, 0.2) is 48.7 Å². The van der Waals surface area contributed by atoms with Crippen molar-refractivity contribution in [3.05, 3.63) is 71.6 Å². The van der Waals surface area contributed by atoms with E-state index in [0.29, 0.717) is 11.3 Å². The molecule has 0 saturated carbocycles. The summed E-state index contributed by atoms with van der Waals surface area (Å²) in [7, 11) is -1.23. The Labute approximate surface area is 166 Å². The smallest absolute Gasteiger partial charge is 0.284 e. The molecule has 3 rings (SSSR count). The average molecular weight is 421 g/mol. The van der Waals surface area contributed by atoms with Crippen molar-refractivity contribution in [3.63, 3.8) is 0 Å². The number of benzene rings is 2. The molecule has 0 radical (unpaired) electrons. The number of hydrogen-bond donors (Lipinski definition) is 1. The van der Waals surface area contributed by atoms with Gasteiger partial charge in [0.2, 0.25) is 10.0 Å². The molecule has 3 aromatic rings. The number of para-hydroxylation sites is 1. The van der Waals surface area contributed by atoms with Gasteiger partial charge in [0.15, 0.2) is 0 Å². The molecule has 0 aliphatic carbocycles. The van der Waals surface area contributed by atoms with Gasteiger partial charge in [0, 0.05) is 18.8 Å². The summed E-state index contributed by atoms with van der Waals surface area (Å²) >= 11 is 0. The number of nitrogens with zero attached hydrogens (tertiary/aromatic N) is 2. The van der Waals surface area contributed by atoms with Crippen molar-refractivity contribution in [2.45, 2.75) is 5.75 Å². The maximum atomic E-state index is 14.0. The molecule has 2 aromatic carbocycles. The largest absolute Gasteiger partial charge is 0.496 e. The van der Waals surface area contributed by atoms with E-state index in [9.17, 15) is 22.0 Å². The fourth-order valence-electron chi connectivity index (χ4n) is 2.78. The molecule has 0 fully saturated rings. The number of ether oxygens (including phenoxy) is 1. The lowest BCUT2D eigenvalue weighted by molar-refractivity contribution is 0.0977. The summed E-state index contributed by atoms with van der Waals surface area (Å²) in [5.74, 6) is -3.00. The molecular formula is C19H17F2N3O4S. The summed E-state index contributed by atoms with van der Waals surface area (Å²) in [5, 5.41) is 0. The third kappa shape index (κ3) is 4.43. The zero-order chi connectivity index (χ0) is 21.2. The van der Waals surface area contributed by atoms with Gasteiger partial charge in [-0.05, 0) is 18.2 Å². The Hall–Kier alpha value is -3.27. The third-order valence-electron chi connectivity index (χ3n) is 4.08. The van der Waals surface area contributed by atoms with E-state index in [-0.39, 0.29) is 11.5 Å². The maximum absolute atomic E-state index is 14.0. The van der Waals surface area contributed by atoms with Crippen LogP contribution in [0.4, 0.5) is 8.78 Å². The Morgan fingerprint density at radius 1 is 1.14 bits per heavy atom. The van der Waals surface area contributed by atoms with E-state index < -0.39 is 38.9 Å². The lowest BCUT2D eigenvalue weighted by atomic mass is 10.2. The van der Waals surface area contributed by atoms with E-state index in [1.54, 1.807) is 24.3 Å². The highest BCUT2D eigenvalue weighted by molar-refractivity contribution is 7.89. The van der Waals surface area contributed by atoms with Crippen molar-refractivity contribution in [1.29, 1.82) is 0 Å². The number of hydrogen-bond acceptors (Lipinski definition) is 5. The predicted octanol–water partition coefficient (Wildman–Crippen LogP) is 2.63. The fourth-order valence-corrected chi connectivity index (χ4v) is 3.88. The number of carbonyl (C=O) groups excluding carboxylic acids is 1. The van der Waals surface area contributed by atoms with Crippen LogP contribution in [-0.2, 0) is 22.8 Å². The van der Waals surface area contributed by atoms with Crippen LogP contribution < -0.4 is 9.46 Å². The highest BCUT2D eigenvalue weighted by atomic mass is 32.2. The highest BCUT2D eigenvalue weighted by Gasteiger charge is 2.23. The van der Waals surface area contributed by atoms with Crippen LogP contribution in [0, 0.1) is 11.6 Å². The molecule has 0 aliphatic rings. The molecule has 0 saturated heterocycles. The molecule has 0 spiro atoms. The minimum atomic E-state index is -4.08. The lowest BCUT2D eigenvalue weighted by Gasteiger charge is -2.09. The summed E-state index contributed by atoms with van der Waals surface area (Å²) in [6.45, 7) is 0. The number of aromatic nitrogens is 2. The van der Waals surface area contributed by atoms with E-state index in [0.717, 1.165) is 12.1 Å². The number of nitrogens with one attached hydrogen (secondary N) is 1. The predicted molar refractivity (Wildman–Crippen MR) is 102 cm³/mol. The monoisotopic (exact) mass is 421 g/mol. The summed E-state index contributed by atoms with van der Waals surface area (Å²) in [6.07, 6.45) is 1.19. The number of methoxy groups -OCH3 is 1. The minimum absolute atomic E-state index is 0.145. The molecule has 0 bridgehead atoms. The summed E-state index contributed by atoms with van der Waals surface area (Å²) in [5.41, 5.74) is -0.342. The van der Waals surface area contributed by atoms with E-state index >= 15 is 0 Å². The molecule has 1 N–H and O–H groups in total. The van der Waals surface area contributed by atoms with Crippen molar-refractivity contribution in [3.8, 4) is 17.1 Å². The van der Waals surface area contributed by atoms with Crippen molar-refractivity contribution in [2.24, 2.45) is 7.05 Å². The molecule has 1 heterocycles. The van der Waals surface area contributed by atoms with Gasteiger partial charge in [-0.1, -0.05) is 24.3 Å². The first kappa shape index (κ1) is 20.5. The summed E-state index contributed by atoms with van der Waals surface area (Å²) in [4.78, 5) is 16.3. The van der Waals surface area contributed by atoms with Crippen molar-refractivity contribution in [1.82, 2.24) is 14.3 Å². The first-order chi connectivity index (χ1) is 13.7. The van der Waals surface area contributed by atoms with Gasteiger partial charge in [0.25, 0.3) is 5.91 Å². The second-order valence-corrected chi connectivity index (χ2v) is 7.88. The van der Waals surface area contributed by atoms with Gasteiger partial charge in [-0.15, -0.1) is 0 Å². The van der Waals surface area contributed by atoms with Crippen LogP contribution in [-0.4, -0.2) is 31.0 Å². The Bertz CT molecular complexity index is 1160. The molecule has 10 heteroatoms. The van der Waals surface area contributed by atoms with Gasteiger partial charge in [0.1, 0.15) is 28.9 Å². The molecule has 29 heavy (non-hydrogen) atoms. The average Bonchev–Trinajstić information content (AvgIpc) is 3.03. The number of sulfonamides is 1. The quantitative estimate of drug-likeness (QED) is 0.661. The molecule has 152 valence electrons. The Morgan fingerprint density at radius 2 is 1.79 bits per heavy atom. The van der Waals surface area contributed by atoms with Gasteiger partial charge in [-0.3, -0.25) is 4.79 Å². The second-order valence-electron chi connectivity index (χ2n) is 6.16. The van der Waals surface area contributed by atoms with Crippen molar-refractivity contribution < 1.29 is 26.7 Å². The number of amides is 1. The molecular weight excluding hydrogens is 404 g/mol. The Balaban J connectivity index is 1.84. The number of aryl methyl sites for hydroxylation is 1. The molecule has 0 unspecified atom stereocenters. The van der Waals surface area contributed by atoms with Gasteiger partial charge >= 0.3 is 0 Å². The zero-order valence-corrected chi connectivity index (χ0v) is 16.3. The van der Waals surface area contributed by atoms with Crippen LogP contribution in [0.5, 0.6) is 5.75 Å². The minimum Gasteiger partial charge on any atom is -0.496 e. The Morgan fingerprint density at radius 3 is 2.45 bits per heavy atom. The Kier molecular flexibility index (Phi) is 5.64. The van der Waals surface area contributed by atoms with Gasteiger partial charge in [-0.2, -0.15) is 0 Å². The lowest BCUT2D eigenvalue weighted by Crippen LogP contribution is -2.32. The first-order valence-electron chi connectivity index (χ1n) is 8.36. The SMILES string of the molecule is COc1ccccc1CS(=O)(=O)NC(=O)c1cn(C)c(-c2c(F)cccc2F)n1. The van der Waals surface area contributed by atoms with E-state index in [4.69, 9.17) is 4.74 Å².